The molecule has 0 bridgehead atoms. The minimum Gasteiger partial charge on any atom is -0.349 e. The Hall–Kier alpha value is -1.85. The number of benzene rings is 1. The van der Waals surface area contributed by atoms with Crippen molar-refractivity contribution in [2.75, 3.05) is 0 Å². The highest BCUT2D eigenvalue weighted by Gasteiger charge is 2.35. The summed E-state index contributed by atoms with van der Waals surface area (Å²) in [6.07, 6.45) is 0.106. The van der Waals surface area contributed by atoms with Crippen molar-refractivity contribution in [1.29, 1.82) is 0 Å². The minimum absolute atomic E-state index is 0.179. The molecule has 1 aromatic carbocycles. The van der Waals surface area contributed by atoms with E-state index in [1.165, 1.54) is 0 Å². The molecule has 1 aliphatic carbocycles. The molecular weight excluding hydrogens is 262 g/mol. The van der Waals surface area contributed by atoms with Crippen molar-refractivity contribution in [2.24, 2.45) is 0 Å². The third-order valence-corrected chi connectivity index (χ3v) is 2.89. The van der Waals surface area contributed by atoms with Crippen LogP contribution in [0.5, 0.6) is 0 Å². The molecule has 1 aliphatic rings. The zero-order valence-electron chi connectivity index (χ0n) is 9.80. The van der Waals surface area contributed by atoms with Crippen molar-refractivity contribution in [3.63, 3.8) is 0 Å². The van der Waals surface area contributed by atoms with E-state index in [2.05, 4.69) is 5.32 Å². The van der Waals surface area contributed by atoms with E-state index in [1.807, 2.05) is 12.2 Å². The Labute approximate surface area is 107 Å². The van der Waals surface area contributed by atoms with E-state index in [0.717, 1.165) is 12.1 Å². The van der Waals surface area contributed by atoms with Crippen LogP contribution >= 0.6 is 0 Å². The molecule has 0 atom stereocenters. The molecule has 0 spiro atoms. The summed E-state index contributed by atoms with van der Waals surface area (Å²) in [4.78, 5) is 11.8. The molecular formula is C13H11F4NO. The highest BCUT2D eigenvalue weighted by atomic mass is 19.4. The molecule has 0 aromatic heterocycles. The third-order valence-electron chi connectivity index (χ3n) is 2.89. The molecule has 2 nitrogen and oxygen atoms in total. The molecule has 0 heterocycles. The number of carbonyl (C=O) groups excluding carboxylic acids is 1. The maximum atomic E-state index is 13.7. The van der Waals surface area contributed by atoms with E-state index in [4.69, 9.17) is 0 Å². The van der Waals surface area contributed by atoms with Crippen LogP contribution in [0, 0.1) is 5.82 Å². The minimum atomic E-state index is -4.81. The first-order valence-corrected chi connectivity index (χ1v) is 5.71. The van der Waals surface area contributed by atoms with Crippen molar-refractivity contribution in [3.8, 4) is 0 Å². The normalized spacial score (nSPS) is 15.8. The lowest BCUT2D eigenvalue weighted by molar-refractivity contribution is -0.140. The van der Waals surface area contributed by atoms with Gasteiger partial charge in [0.1, 0.15) is 5.82 Å². The molecule has 2 rings (SSSR count). The van der Waals surface area contributed by atoms with E-state index in [9.17, 15) is 22.4 Å². The van der Waals surface area contributed by atoms with E-state index >= 15 is 0 Å². The molecule has 1 N–H and O–H groups in total. The largest absolute Gasteiger partial charge is 0.419 e. The predicted octanol–water partition coefficient (Wildman–Crippen LogP) is 3.29. The second kappa shape index (κ2) is 5.03. The van der Waals surface area contributed by atoms with Crippen LogP contribution in [0.2, 0.25) is 0 Å². The van der Waals surface area contributed by atoms with Crippen LogP contribution < -0.4 is 5.32 Å². The van der Waals surface area contributed by atoms with Crippen LogP contribution in [0.25, 0.3) is 0 Å². The van der Waals surface area contributed by atoms with Crippen LogP contribution in [-0.2, 0) is 6.18 Å². The summed E-state index contributed by atoms with van der Waals surface area (Å²) in [5.74, 6) is -2.35. The quantitative estimate of drug-likeness (QED) is 0.650. The number of hydrogen-bond donors (Lipinski definition) is 1. The molecule has 0 fully saturated rings. The SMILES string of the molecule is O=C(NC1CC=CC1)c1cccc(C(F)(F)F)c1F. The first-order chi connectivity index (χ1) is 8.89. The zero-order valence-corrected chi connectivity index (χ0v) is 9.80. The lowest BCUT2D eigenvalue weighted by atomic mass is 10.1. The Morgan fingerprint density at radius 2 is 1.84 bits per heavy atom. The number of nitrogens with one attached hydrogen (secondary N) is 1. The Bertz CT molecular complexity index is 514. The van der Waals surface area contributed by atoms with E-state index in [0.29, 0.717) is 18.9 Å². The van der Waals surface area contributed by atoms with Gasteiger partial charge in [0.15, 0.2) is 0 Å². The summed E-state index contributed by atoms with van der Waals surface area (Å²) in [5, 5.41) is 2.51. The number of carbonyl (C=O) groups is 1. The molecule has 6 heteroatoms. The van der Waals surface area contributed by atoms with Gasteiger partial charge in [-0.3, -0.25) is 4.79 Å². The smallest absolute Gasteiger partial charge is 0.349 e. The molecule has 1 aromatic rings. The Kier molecular flexibility index (Phi) is 3.59. The summed E-state index contributed by atoms with van der Waals surface area (Å²) < 4.78 is 51.2. The summed E-state index contributed by atoms with van der Waals surface area (Å²) >= 11 is 0. The number of rotatable bonds is 2. The van der Waals surface area contributed by atoms with Gasteiger partial charge in [-0.2, -0.15) is 13.2 Å². The van der Waals surface area contributed by atoms with Crippen molar-refractivity contribution in [3.05, 3.63) is 47.3 Å². The average Bonchev–Trinajstić information content (AvgIpc) is 2.80. The summed E-state index contributed by atoms with van der Waals surface area (Å²) in [7, 11) is 0. The lowest BCUT2D eigenvalue weighted by Gasteiger charge is -2.14. The van der Waals surface area contributed by atoms with Crippen LogP contribution in [0.4, 0.5) is 17.6 Å². The number of amides is 1. The molecule has 0 aliphatic heterocycles. The third kappa shape index (κ3) is 2.94. The van der Waals surface area contributed by atoms with Crippen molar-refractivity contribution in [1.82, 2.24) is 5.32 Å². The fourth-order valence-corrected chi connectivity index (χ4v) is 1.92. The van der Waals surface area contributed by atoms with Gasteiger partial charge in [0.2, 0.25) is 0 Å². The van der Waals surface area contributed by atoms with Gasteiger partial charge in [-0.05, 0) is 25.0 Å². The summed E-state index contributed by atoms with van der Waals surface area (Å²) in [6, 6.07) is 2.50. The van der Waals surface area contributed by atoms with E-state index < -0.39 is 29.0 Å². The number of alkyl halides is 3. The standard InChI is InChI=1S/C13H11F4NO/c14-11-9(6-3-7-10(11)13(15,16)17)12(19)18-8-4-1-2-5-8/h1-3,6-8H,4-5H2,(H,18,19). The fraction of sp³-hybridized carbons (Fsp3) is 0.308. The second-order valence-corrected chi connectivity index (χ2v) is 4.28. The van der Waals surface area contributed by atoms with E-state index in [1.54, 1.807) is 0 Å². The Morgan fingerprint density at radius 1 is 1.21 bits per heavy atom. The fourth-order valence-electron chi connectivity index (χ4n) is 1.92. The highest BCUT2D eigenvalue weighted by molar-refractivity contribution is 5.95. The zero-order chi connectivity index (χ0) is 14.0. The summed E-state index contributed by atoms with van der Waals surface area (Å²) in [6.45, 7) is 0. The topological polar surface area (TPSA) is 29.1 Å². The van der Waals surface area contributed by atoms with Gasteiger partial charge >= 0.3 is 6.18 Å². The van der Waals surface area contributed by atoms with Gasteiger partial charge in [0.25, 0.3) is 5.91 Å². The molecule has 19 heavy (non-hydrogen) atoms. The molecule has 0 saturated heterocycles. The predicted molar refractivity (Wildman–Crippen MR) is 61.0 cm³/mol. The van der Waals surface area contributed by atoms with Gasteiger partial charge in [-0.15, -0.1) is 0 Å². The van der Waals surface area contributed by atoms with Crippen LogP contribution in [-0.4, -0.2) is 11.9 Å². The van der Waals surface area contributed by atoms with Gasteiger partial charge in [0, 0.05) is 6.04 Å². The van der Waals surface area contributed by atoms with Gasteiger partial charge in [-0.25, -0.2) is 4.39 Å². The van der Waals surface area contributed by atoms with Crippen molar-refractivity contribution < 1.29 is 22.4 Å². The van der Waals surface area contributed by atoms with Crippen LogP contribution in [0.3, 0.4) is 0 Å². The highest BCUT2D eigenvalue weighted by Crippen LogP contribution is 2.32. The van der Waals surface area contributed by atoms with Gasteiger partial charge < -0.3 is 5.32 Å². The van der Waals surface area contributed by atoms with Gasteiger partial charge in [0.05, 0.1) is 11.1 Å². The molecule has 0 unspecified atom stereocenters. The molecule has 1 amide bonds. The maximum Gasteiger partial charge on any atom is 0.419 e. The van der Waals surface area contributed by atoms with Crippen LogP contribution in [0.15, 0.2) is 30.4 Å². The first-order valence-electron chi connectivity index (χ1n) is 5.71. The second-order valence-electron chi connectivity index (χ2n) is 4.28. The van der Waals surface area contributed by atoms with Gasteiger partial charge in [-0.1, -0.05) is 18.2 Å². The maximum absolute atomic E-state index is 13.7. The molecule has 0 saturated carbocycles. The lowest BCUT2D eigenvalue weighted by Crippen LogP contribution is -2.33. The Morgan fingerprint density at radius 3 is 2.42 bits per heavy atom. The molecule has 102 valence electrons. The molecule has 0 radical (unpaired) electrons. The first kappa shape index (κ1) is 13.6. The number of hydrogen-bond acceptors (Lipinski definition) is 1. The van der Waals surface area contributed by atoms with E-state index in [-0.39, 0.29) is 6.04 Å². The van der Waals surface area contributed by atoms with Crippen LogP contribution in [0.1, 0.15) is 28.8 Å². The monoisotopic (exact) mass is 273 g/mol. The number of halogens is 4. The Balaban J connectivity index is 2.22. The summed E-state index contributed by atoms with van der Waals surface area (Å²) in [5.41, 5.74) is -2.01. The van der Waals surface area contributed by atoms with Crippen molar-refractivity contribution in [2.45, 2.75) is 25.1 Å². The average molecular weight is 273 g/mol. The van der Waals surface area contributed by atoms with Crippen molar-refractivity contribution >= 4 is 5.91 Å².